The Balaban J connectivity index is 2.02. The van der Waals surface area contributed by atoms with Crippen LogP contribution in [0.4, 0.5) is 0 Å². The van der Waals surface area contributed by atoms with Gasteiger partial charge >= 0.3 is 0 Å². The summed E-state index contributed by atoms with van der Waals surface area (Å²) in [6, 6.07) is 7.19. The van der Waals surface area contributed by atoms with Crippen LogP contribution in [0.2, 0.25) is 0 Å². The summed E-state index contributed by atoms with van der Waals surface area (Å²) in [4.78, 5) is 0. The van der Waals surface area contributed by atoms with E-state index in [0.717, 1.165) is 24.7 Å². The van der Waals surface area contributed by atoms with Crippen LogP contribution >= 0.6 is 0 Å². The molecule has 1 aromatic heterocycles. The lowest BCUT2D eigenvalue weighted by Crippen LogP contribution is -2.13. The van der Waals surface area contributed by atoms with Crippen LogP contribution < -0.4 is 4.74 Å². The smallest absolute Gasteiger partial charge is 0.174 e. The molecule has 3 rings (SSSR count). The minimum Gasteiger partial charge on any atom is -0.453 e. The maximum atomic E-state index is 11.6. The largest absolute Gasteiger partial charge is 0.453 e. The van der Waals surface area contributed by atoms with Crippen LogP contribution in [0.1, 0.15) is 41.3 Å². The zero-order chi connectivity index (χ0) is 18.2. The van der Waals surface area contributed by atoms with Crippen molar-refractivity contribution in [1.82, 2.24) is 9.78 Å². The third-order valence-corrected chi connectivity index (χ3v) is 4.76. The molecule has 132 valence electrons. The van der Waals surface area contributed by atoms with Crippen molar-refractivity contribution >= 4 is 9.84 Å². The molecule has 1 fully saturated rings. The predicted molar refractivity (Wildman–Crippen MR) is 90.9 cm³/mol. The number of aromatic nitrogens is 2. The van der Waals surface area contributed by atoms with Gasteiger partial charge in [0.05, 0.1) is 18.2 Å². The first-order valence-electron chi connectivity index (χ1n) is 7.89. The third-order valence-electron chi connectivity index (χ3n) is 4.04. The molecule has 0 spiro atoms. The Morgan fingerprint density at radius 1 is 1.44 bits per heavy atom. The molecule has 1 aromatic carbocycles. The quantitative estimate of drug-likeness (QED) is 0.846. The van der Waals surface area contributed by atoms with Gasteiger partial charge in [-0.3, -0.25) is 0 Å². The molecule has 0 aliphatic heterocycles. The summed E-state index contributed by atoms with van der Waals surface area (Å²) in [6.07, 6.45) is 3.05. The van der Waals surface area contributed by atoms with E-state index in [0.29, 0.717) is 28.5 Å². The first kappa shape index (κ1) is 17.5. The number of rotatable bonds is 6. The number of benzene rings is 1. The number of aliphatic hydroxyl groups is 1. The molecule has 8 heteroatoms. The van der Waals surface area contributed by atoms with Crippen molar-refractivity contribution in [2.75, 3.05) is 6.26 Å². The molecule has 0 atom stereocenters. The number of aryl methyl sites for hydroxylation is 1. The molecule has 0 radical (unpaired) electrons. The van der Waals surface area contributed by atoms with Crippen molar-refractivity contribution in [3.05, 3.63) is 40.7 Å². The number of hydrogen-bond donors (Lipinski definition) is 1. The second-order valence-corrected chi connectivity index (χ2v) is 8.45. The van der Waals surface area contributed by atoms with E-state index < -0.39 is 9.84 Å². The zero-order valence-electron chi connectivity index (χ0n) is 14.1. The summed E-state index contributed by atoms with van der Waals surface area (Å²) in [5.41, 5.74) is 2.36. The van der Waals surface area contributed by atoms with Crippen LogP contribution in [0.5, 0.6) is 11.5 Å². The van der Waals surface area contributed by atoms with Crippen molar-refractivity contribution in [2.45, 2.75) is 38.2 Å². The fraction of sp³-hybridized carbons (Fsp3) is 0.412. The summed E-state index contributed by atoms with van der Waals surface area (Å²) in [5, 5.41) is 23.2. The van der Waals surface area contributed by atoms with E-state index in [4.69, 9.17) is 10.00 Å². The topological polar surface area (TPSA) is 105 Å². The van der Waals surface area contributed by atoms with Crippen molar-refractivity contribution in [2.24, 2.45) is 0 Å². The van der Waals surface area contributed by atoms with Crippen LogP contribution in [-0.4, -0.2) is 29.6 Å². The zero-order valence-corrected chi connectivity index (χ0v) is 14.9. The number of aliphatic hydroxyl groups excluding tert-OH is 1. The Morgan fingerprint density at radius 3 is 2.68 bits per heavy atom. The highest BCUT2D eigenvalue weighted by atomic mass is 32.2. The van der Waals surface area contributed by atoms with Crippen molar-refractivity contribution < 1.29 is 18.3 Å². The third kappa shape index (κ3) is 3.83. The van der Waals surface area contributed by atoms with Gasteiger partial charge in [0.2, 0.25) is 0 Å². The van der Waals surface area contributed by atoms with Gasteiger partial charge in [-0.25, -0.2) is 13.1 Å². The van der Waals surface area contributed by atoms with Gasteiger partial charge in [-0.05, 0) is 43.5 Å². The molecule has 1 aliphatic carbocycles. The maximum Gasteiger partial charge on any atom is 0.174 e. The highest BCUT2D eigenvalue weighted by molar-refractivity contribution is 7.89. The van der Waals surface area contributed by atoms with Crippen molar-refractivity contribution in [3.8, 4) is 17.6 Å². The van der Waals surface area contributed by atoms with E-state index in [9.17, 15) is 13.5 Å². The Kier molecular flexibility index (Phi) is 4.54. The minimum absolute atomic E-state index is 0.223. The van der Waals surface area contributed by atoms with E-state index in [1.807, 2.05) is 6.92 Å². The molecular weight excluding hydrogens is 342 g/mol. The first-order chi connectivity index (χ1) is 11.8. The molecule has 0 saturated heterocycles. The van der Waals surface area contributed by atoms with Crippen LogP contribution in [0.25, 0.3) is 0 Å². The average Bonchev–Trinajstić information content (AvgIpc) is 3.31. The standard InChI is InChI=1S/C17H19N3O4S/c1-11-7-14(6-5-13(11)8-18)24-17-15(9-21)20(10-25(2,22)23)19-16(17)12-3-4-12/h5-7,12,21H,3-4,9-10H2,1-2H3. The first-order valence-corrected chi connectivity index (χ1v) is 9.95. The van der Waals surface area contributed by atoms with Gasteiger partial charge in [0.25, 0.3) is 0 Å². The molecule has 1 heterocycles. The lowest BCUT2D eigenvalue weighted by molar-refractivity contribution is 0.265. The minimum atomic E-state index is -3.31. The SMILES string of the molecule is Cc1cc(Oc2c(C3CC3)nn(CS(C)(=O)=O)c2CO)ccc1C#N. The van der Waals surface area contributed by atoms with E-state index >= 15 is 0 Å². The molecule has 25 heavy (non-hydrogen) atoms. The van der Waals surface area contributed by atoms with E-state index in [1.54, 1.807) is 18.2 Å². The number of nitrogens with zero attached hydrogens (tertiary/aromatic N) is 3. The number of nitriles is 1. The van der Waals surface area contributed by atoms with Gasteiger partial charge in [0.1, 0.15) is 23.0 Å². The second-order valence-electron chi connectivity index (χ2n) is 6.34. The highest BCUT2D eigenvalue weighted by Gasteiger charge is 2.33. The van der Waals surface area contributed by atoms with Gasteiger partial charge in [0.15, 0.2) is 15.6 Å². The van der Waals surface area contributed by atoms with Crippen molar-refractivity contribution in [3.63, 3.8) is 0 Å². The number of sulfone groups is 1. The Morgan fingerprint density at radius 2 is 2.16 bits per heavy atom. The molecule has 0 unspecified atom stereocenters. The molecule has 1 saturated carbocycles. The normalized spacial score (nSPS) is 14.3. The Bertz CT molecular complexity index is 953. The summed E-state index contributed by atoms with van der Waals surface area (Å²) >= 11 is 0. The lowest BCUT2D eigenvalue weighted by atomic mass is 10.1. The molecule has 1 N–H and O–H groups in total. The molecular formula is C17H19N3O4S. The molecule has 0 bridgehead atoms. The van der Waals surface area contributed by atoms with Gasteiger partial charge < -0.3 is 9.84 Å². The van der Waals surface area contributed by atoms with Crippen LogP contribution in [-0.2, 0) is 22.3 Å². The fourth-order valence-corrected chi connectivity index (χ4v) is 3.32. The summed E-state index contributed by atoms with van der Waals surface area (Å²) < 4.78 is 30.5. The van der Waals surface area contributed by atoms with Gasteiger partial charge in [-0.1, -0.05) is 0 Å². The summed E-state index contributed by atoms with van der Waals surface area (Å²) in [7, 11) is -3.31. The van der Waals surface area contributed by atoms with Crippen LogP contribution in [0, 0.1) is 18.3 Å². The summed E-state index contributed by atoms with van der Waals surface area (Å²) in [5.74, 6) is 0.851. The number of hydrogen-bond acceptors (Lipinski definition) is 6. The fourth-order valence-electron chi connectivity index (χ4n) is 2.66. The maximum absolute atomic E-state index is 11.6. The van der Waals surface area contributed by atoms with E-state index in [2.05, 4.69) is 11.2 Å². The van der Waals surface area contributed by atoms with Crippen LogP contribution in [0.15, 0.2) is 18.2 Å². The lowest BCUT2D eigenvalue weighted by Gasteiger charge is -2.10. The monoisotopic (exact) mass is 361 g/mol. The summed E-state index contributed by atoms with van der Waals surface area (Å²) in [6.45, 7) is 1.44. The van der Waals surface area contributed by atoms with Crippen LogP contribution in [0.3, 0.4) is 0 Å². The Labute approximate surface area is 146 Å². The van der Waals surface area contributed by atoms with Crippen molar-refractivity contribution in [1.29, 1.82) is 5.26 Å². The second kappa shape index (κ2) is 6.50. The molecule has 2 aromatic rings. The molecule has 1 aliphatic rings. The molecule has 7 nitrogen and oxygen atoms in total. The van der Waals surface area contributed by atoms with E-state index in [-0.39, 0.29) is 18.4 Å². The van der Waals surface area contributed by atoms with Gasteiger partial charge in [-0.15, -0.1) is 0 Å². The highest BCUT2D eigenvalue weighted by Crippen LogP contribution is 2.46. The predicted octanol–water partition coefficient (Wildman–Crippen LogP) is 2.23. The average molecular weight is 361 g/mol. The van der Waals surface area contributed by atoms with Gasteiger partial charge in [0, 0.05) is 12.2 Å². The van der Waals surface area contributed by atoms with Gasteiger partial charge in [-0.2, -0.15) is 10.4 Å². The van der Waals surface area contributed by atoms with E-state index in [1.165, 1.54) is 4.68 Å². The molecule has 0 amide bonds. The Hall–Kier alpha value is -2.37. The number of ether oxygens (including phenoxy) is 1.